The summed E-state index contributed by atoms with van der Waals surface area (Å²) in [5.74, 6) is 0.0266. The third-order valence-electron chi connectivity index (χ3n) is 8.86. The molecule has 4 fully saturated rings. The molecule has 2 bridgehead atoms. The molecule has 4 unspecified atom stereocenters. The van der Waals surface area contributed by atoms with E-state index in [9.17, 15) is 14.7 Å². The van der Waals surface area contributed by atoms with Crippen LogP contribution in [0.2, 0.25) is 0 Å². The Morgan fingerprint density at radius 3 is 2.32 bits per heavy atom. The Kier molecular flexibility index (Phi) is 4.36. The Bertz CT molecular complexity index is 929. The van der Waals surface area contributed by atoms with Crippen LogP contribution in [0.25, 0.3) is 0 Å². The minimum Gasteiger partial charge on any atom is -0.481 e. The number of amides is 1. The summed E-state index contributed by atoms with van der Waals surface area (Å²) in [6.45, 7) is 12.0. The van der Waals surface area contributed by atoms with Crippen molar-refractivity contribution in [1.29, 1.82) is 0 Å². The van der Waals surface area contributed by atoms with Crippen LogP contribution in [0.3, 0.4) is 0 Å². The number of fused-ring (bicyclic) bond motifs is 1. The van der Waals surface area contributed by atoms with Gasteiger partial charge in [0.05, 0.1) is 5.41 Å². The first kappa shape index (κ1) is 20.8. The van der Waals surface area contributed by atoms with E-state index in [4.69, 9.17) is 0 Å². The monoisotopic (exact) mass is 424 g/mol. The van der Waals surface area contributed by atoms with E-state index in [1.807, 2.05) is 0 Å². The van der Waals surface area contributed by atoms with Gasteiger partial charge in [0.25, 0.3) is 0 Å². The number of hydrogen-bond donors (Lipinski definition) is 1. The number of benzene rings is 1. The summed E-state index contributed by atoms with van der Waals surface area (Å²) >= 11 is 0. The number of nitrogens with zero attached hydrogens (tertiary/aromatic N) is 2. The van der Waals surface area contributed by atoms with Gasteiger partial charge in [0, 0.05) is 37.3 Å². The Labute approximate surface area is 185 Å². The van der Waals surface area contributed by atoms with Crippen molar-refractivity contribution in [2.24, 2.45) is 22.2 Å². The molecule has 4 aliphatic rings. The SMILES string of the molecule is CC1(C(=O)N2CCN(c3ccccc3C(C)(C)C)CC2)CC2CC3(C1)CC3(C(=O)O)C2. The van der Waals surface area contributed by atoms with Crippen LogP contribution in [-0.4, -0.2) is 48.1 Å². The summed E-state index contributed by atoms with van der Waals surface area (Å²) in [5, 5.41) is 9.83. The van der Waals surface area contributed by atoms with E-state index in [2.05, 4.69) is 61.8 Å². The molecule has 1 heterocycles. The zero-order valence-corrected chi connectivity index (χ0v) is 19.4. The predicted octanol–water partition coefficient (Wildman–Crippen LogP) is 4.30. The van der Waals surface area contributed by atoms with Gasteiger partial charge in [-0.25, -0.2) is 0 Å². The van der Waals surface area contributed by atoms with E-state index in [0.29, 0.717) is 5.92 Å². The Hall–Kier alpha value is -2.04. The van der Waals surface area contributed by atoms with Crippen molar-refractivity contribution in [3.05, 3.63) is 29.8 Å². The van der Waals surface area contributed by atoms with E-state index in [-0.39, 0.29) is 16.7 Å². The van der Waals surface area contributed by atoms with Gasteiger partial charge < -0.3 is 14.9 Å². The minimum atomic E-state index is -0.627. The van der Waals surface area contributed by atoms with Gasteiger partial charge in [-0.15, -0.1) is 0 Å². The largest absolute Gasteiger partial charge is 0.481 e. The van der Waals surface area contributed by atoms with Crippen molar-refractivity contribution >= 4 is 17.6 Å². The lowest BCUT2D eigenvalue weighted by Gasteiger charge is -2.45. The van der Waals surface area contributed by atoms with Crippen LogP contribution in [-0.2, 0) is 15.0 Å². The summed E-state index contributed by atoms with van der Waals surface area (Å²) in [6, 6.07) is 8.63. The zero-order chi connectivity index (χ0) is 22.2. The number of hydrogen-bond acceptors (Lipinski definition) is 3. The average Bonchev–Trinajstić information content (AvgIpc) is 3.23. The second-order valence-electron chi connectivity index (χ2n) is 12.1. The number of carboxylic acids is 1. The van der Waals surface area contributed by atoms with Gasteiger partial charge in [-0.05, 0) is 60.5 Å². The molecule has 1 aliphatic heterocycles. The molecule has 4 atom stereocenters. The minimum absolute atomic E-state index is 0.0820. The van der Waals surface area contributed by atoms with Crippen LogP contribution in [0, 0.1) is 22.2 Å². The van der Waals surface area contributed by atoms with Gasteiger partial charge in [-0.2, -0.15) is 0 Å². The van der Waals surface area contributed by atoms with Crippen LogP contribution < -0.4 is 4.90 Å². The molecule has 1 amide bonds. The fourth-order valence-electron chi connectivity index (χ4n) is 7.58. The number of carbonyl (C=O) groups is 2. The molecule has 1 aromatic carbocycles. The smallest absolute Gasteiger partial charge is 0.310 e. The second-order valence-corrected chi connectivity index (χ2v) is 12.1. The fourth-order valence-corrected chi connectivity index (χ4v) is 7.58. The topological polar surface area (TPSA) is 60.9 Å². The maximum Gasteiger partial charge on any atom is 0.310 e. The predicted molar refractivity (Wildman–Crippen MR) is 121 cm³/mol. The number of rotatable bonds is 3. The number of carboxylic acid groups (broad SMARTS) is 1. The van der Waals surface area contributed by atoms with Gasteiger partial charge in [0.2, 0.25) is 5.91 Å². The Morgan fingerprint density at radius 1 is 1.00 bits per heavy atom. The first-order valence-electron chi connectivity index (χ1n) is 11.9. The lowest BCUT2D eigenvalue weighted by Crippen LogP contribution is -2.54. The molecule has 5 nitrogen and oxygen atoms in total. The van der Waals surface area contributed by atoms with Crippen molar-refractivity contribution in [3.8, 4) is 0 Å². The molecule has 1 aromatic rings. The Balaban J connectivity index is 1.28. The van der Waals surface area contributed by atoms with E-state index in [0.717, 1.165) is 58.3 Å². The van der Waals surface area contributed by atoms with Crippen LogP contribution in [0.4, 0.5) is 5.69 Å². The molecular weight excluding hydrogens is 388 g/mol. The van der Waals surface area contributed by atoms with Crippen LogP contribution in [0.5, 0.6) is 0 Å². The van der Waals surface area contributed by atoms with Gasteiger partial charge in [-0.3, -0.25) is 9.59 Å². The third-order valence-corrected chi connectivity index (χ3v) is 8.86. The quantitative estimate of drug-likeness (QED) is 0.786. The normalized spacial score (nSPS) is 36.8. The molecule has 3 saturated carbocycles. The first-order chi connectivity index (χ1) is 14.5. The van der Waals surface area contributed by atoms with E-state index in [1.165, 1.54) is 11.3 Å². The van der Waals surface area contributed by atoms with E-state index >= 15 is 0 Å². The summed E-state index contributed by atoms with van der Waals surface area (Å²) in [7, 11) is 0. The standard InChI is InChI=1S/C26H36N2O3/c1-23(2,3)19-7-5-6-8-20(19)27-9-11-28(12-10-27)21(29)24(4)13-18-14-25(16-24)17-26(25,15-18)22(30)31/h5-8,18H,9-17H2,1-4H3,(H,30,31). The number of para-hydroxylation sites is 1. The molecular formula is C26H36N2O3. The number of aliphatic carboxylic acids is 1. The first-order valence-corrected chi connectivity index (χ1v) is 11.9. The lowest BCUT2D eigenvalue weighted by molar-refractivity contribution is -0.147. The number of piperazine rings is 1. The molecule has 0 radical (unpaired) electrons. The van der Waals surface area contributed by atoms with Crippen molar-refractivity contribution in [3.63, 3.8) is 0 Å². The highest BCUT2D eigenvalue weighted by molar-refractivity contribution is 5.85. The highest BCUT2D eigenvalue weighted by atomic mass is 16.4. The third kappa shape index (κ3) is 3.02. The van der Waals surface area contributed by atoms with Crippen molar-refractivity contribution in [2.75, 3.05) is 31.1 Å². The summed E-state index contributed by atoms with van der Waals surface area (Å²) in [4.78, 5) is 30.1. The summed E-state index contributed by atoms with van der Waals surface area (Å²) < 4.78 is 0. The van der Waals surface area contributed by atoms with Crippen LogP contribution >= 0.6 is 0 Å². The van der Waals surface area contributed by atoms with Crippen molar-refractivity contribution in [1.82, 2.24) is 4.90 Å². The van der Waals surface area contributed by atoms with Gasteiger partial charge >= 0.3 is 5.97 Å². The van der Waals surface area contributed by atoms with E-state index < -0.39 is 16.8 Å². The van der Waals surface area contributed by atoms with Gasteiger partial charge in [0.1, 0.15) is 0 Å². The average molecular weight is 425 g/mol. The maximum absolute atomic E-state index is 13.7. The van der Waals surface area contributed by atoms with Crippen molar-refractivity contribution < 1.29 is 14.7 Å². The van der Waals surface area contributed by atoms with Crippen LogP contribution in [0.1, 0.15) is 65.4 Å². The molecule has 5 heteroatoms. The van der Waals surface area contributed by atoms with Gasteiger partial charge in [0.15, 0.2) is 0 Å². The molecule has 1 saturated heterocycles. The Morgan fingerprint density at radius 2 is 1.68 bits per heavy atom. The summed E-state index contributed by atoms with van der Waals surface area (Å²) in [6.07, 6.45) is 4.19. The second kappa shape index (κ2) is 6.49. The van der Waals surface area contributed by atoms with Crippen LogP contribution in [0.15, 0.2) is 24.3 Å². The highest BCUT2D eigenvalue weighted by Gasteiger charge is 2.79. The molecule has 168 valence electrons. The molecule has 3 aliphatic carbocycles. The molecule has 5 rings (SSSR count). The lowest BCUT2D eigenvalue weighted by atomic mass is 9.66. The molecule has 1 spiro atoms. The number of carbonyl (C=O) groups excluding carboxylic acids is 1. The molecule has 1 N–H and O–H groups in total. The molecule has 0 aromatic heterocycles. The summed E-state index contributed by atoms with van der Waals surface area (Å²) in [5.41, 5.74) is 1.68. The fraction of sp³-hybridized carbons (Fsp3) is 0.692. The molecule has 31 heavy (non-hydrogen) atoms. The zero-order valence-electron chi connectivity index (χ0n) is 19.4. The van der Waals surface area contributed by atoms with Crippen molar-refractivity contribution in [2.45, 2.75) is 65.2 Å². The number of anilines is 1. The maximum atomic E-state index is 13.7. The van der Waals surface area contributed by atoms with Gasteiger partial charge in [-0.1, -0.05) is 45.9 Å². The van der Waals surface area contributed by atoms with E-state index in [1.54, 1.807) is 0 Å². The highest BCUT2D eigenvalue weighted by Crippen LogP contribution is 2.81.